The van der Waals surface area contributed by atoms with E-state index >= 15 is 0 Å². The first-order chi connectivity index (χ1) is 9.38. The number of hydrogen-bond donors (Lipinski definition) is 1. The summed E-state index contributed by atoms with van der Waals surface area (Å²) < 4.78 is 11.3. The van der Waals surface area contributed by atoms with Crippen LogP contribution < -0.4 is 10.1 Å². The summed E-state index contributed by atoms with van der Waals surface area (Å²) in [7, 11) is 0. The largest absolute Gasteiger partial charge is 0.491 e. The Kier molecular flexibility index (Phi) is 6.18. The van der Waals surface area contributed by atoms with Crippen LogP contribution in [-0.2, 0) is 11.3 Å². The monoisotopic (exact) mass is 263 g/mol. The van der Waals surface area contributed by atoms with Gasteiger partial charge in [-0.3, -0.25) is 0 Å². The van der Waals surface area contributed by atoms with E-state index in [1.165, 1.54) is 18.4 Å². The van der Waals surface area contributed by atoms with Crippen molar-refractivity contribution in [2.45, 2.75) is 32.7 Å². The second-order valence-electron chi connectivity index (χ2n) is 5.19. The summed E-state index contributed by atoms with van der Waals surface area (Å²) in [6, 6.07) is 8.27. The van der Waals surface area contributed by atoms with Crippen molar-refractivity contribution in [3.05, 3.63) is 29.8 Å². The van der Waals surface area contributed by atoms with Crippen molar-refractivity contribution in [3.63, 3.8) is 0 Å². The Bertz CT molecular complexity index is 364. The molecule has 1 aromatic rings. The third kappa shape index (κ3) is 6.08. The van der Waals surface area contributed by atoms with Crippen molar-refractivity contribution in [2.75, 3.05) is 26.4 Å². The molecule has 0 heterocycles. The molecule has 0 atom stereocenters. The van der Waals surface area contributed by atoms with Gasteiger partial charge in [0.05, 0.1) is 6.61 Å². The van der Waals surface area contributed by atoms with Crippen LogP contribution in [0.3, 0.4) is 0 Å². The first-order valence-corrected chi connectivity index (χ1v) is 7.38. The maximum absolute atomic E-state index is 5.70. The number of ether oxygens (including phenoxy) is 2. The third-order valence-corrected chi connectivity index (χ3v) is 3.20. The highest BCUT2D eigenvalue weighted by Gasteiger charge is 2.20. The second-order valence-corrected chi connectivity index (χ2v) is 5.19. The molecule has 1 aliphatic carbocycles. The first-order valence-electron chi connectivity index (χ1n) is 7.38. The Balaban J connectivity index is 1.62. The molecule has 0 aliphatic heterocycles. The average molecular weight is 263 g/mol. The molecular formula is C16H25NO2. The van der Waals surface area contributed by atoms with Crippen LogP contribution in [0, 0.1) is 5.92 Å². The van der Waals surface area contributed by atoms with Gasteiger partial charge in [-0.15, -0.1) is 0 Å². The van der Waals surface area contributed by atoms with E-state index in [0.29, 0.717) is 13.2 Å². The minimum absolute atomic E-state index is 0.637. The summed E-state index contributed by atoms with van der Waals surface area (Å²) in [6.45, 7) is 6.37. The van der Waals surface area contributed by atoms with Crippen LogP contribution in [0.5, 0.6) is 5.75 Å². The quantitative estimate of drug-likeness (QED) is 0.658. The highest BCUT2D eigenvalue weighted by atomic mass is 16.5. The number of nitrogens with one attached hydrogen (secondary N) is 1. The topological polar surface area (TPSA) is 30.5 Å². The van der Waals surface area contributed by atoms with E-state index in [0.717, 1.165) is 37.8 Å². The van der Waals surface area contributed by atoms with E-state index in [1.54, 1.807) is 0 Å². The predicted molar refractivity (Wildman–Crippen MR) is 77.5 cm³/mol. The molecule has 0 radical (unpaired) electrons. The van der Waals surface area contributed by atoms with E-state index < -0.39 is 0 Å². The van der Waals surface area contributed by atoms with Gasteiger partial charge in [0.15, 0.2) is 0 Å². The van der Waals surface area contributed by atoms with Crippen molar-refractivity contribution in [3.8, 4) is 5.75 Å². The zero-order chi connectivity index (χ0) is 13.3. The molecule has 0 amide bonds. The minimum Gasteiger partial charge on any atom is -0.491 e. The Morgan fingerprint density at radius 2 is 2.16 bits per heavy atom. The Morgan fingerprint density at radius 3 is 2.95 bits per heavy atom. The molecule has 0 spiro atoms. The lowest BCUT2D eigenvalue weighted by Crippen LogP contribution is -2.14. The molecule has 0 aromatic heterocycles. The summed E-state index contributed by atoms with van der Waals surface area (Å²) >= 11 is 0. The summed E-state index contributed by atoms with van der Waals surface area (Å²) in [5, 5.41) is 3.39. The van der Waals surface area contributed by atoms with E-state index in [1.807, 2.05) is 12.1 Å². The standard InChI is InChI=1S/C16H25NO2/c1-2-8-17-12-15-4-3-5-16(11-15)19-10-9-18-13-14-6-7-14/h3-5,11,14,17H,2,6-10,12-13H2,1H3. The molecule has 2 rings (SSSR count). The van der Waals surface area contributed by atoms with Crippen LogP contribution in [0.1, 0.15) is 31.7 Å². The third-order valence-electron chi connectivity index (χ3n) is 3.20. The molecule has 1 fully saturated rings. The van der Waals surface area contributed by atoms with Crippen molar-refractivity contribution >= 4 is 0 Å². The van der Waals surface area contributed by atoms with E-state index in [2.05, 4.69) is 24.4 Å². The van der Waals surface area contributed by atoms with Gasteiger partial charge < -0.3 is 14.8 Å². The zero-order valence-corrected chi connectivity index (χ0v) is 11.9. The molecule has 0 bridgehead atoms. The number of rotatable bonds is 10. The molecule has 1 saturated carbocycles. The first kappa shape index (κ1) is 14.4. The summed E-state index contributed by atoms with van der Waals surface area (Å²) in [6.07, 6.45) is 3.84. The van der Waals surface area contributed by atoms with Gasteiger partial charge in [-0.2, -0.15) is 0 Å². The maximum atomic E-state index is 5.70. The van der Waals surface area contributed by atoms with Gasteiger partial charge in [0.2, 0.25) is 0 Å². The van der Waals surface area contributed by atoms with E-state index in [9.17, 15) is 0 Å². The van der Waals surface area contributed by atoms with Gasteiger partial charge in [-0.25, -0.2) is 0 Å². The Morgan fingerprint density at radius 1 is 1.26 bits per heavy atom. The molecular weight excluding hydrogens is 238 g/mol. The lowest BCUT2D eigenvalue weighted by atomic mass is 10.2. The van der Waals surface area contributed by atoms with E-state index in [-0.39, 0.29) is 0 Å². The van der Waals surface area contributed by atoms with Crippen molar-refractivity contribution < 1.29 is 9.47 Å². The molecule has 106 valence electrons. The fourth-order valence-electron chi connectivity index (χ4n) is 1.91. The van der Waals surface area contributed by atoms with Crippen LogP contribution in [-0.4, -0.2) is 26.4 Å². The molecule has 1 aromatic carbocycles. The summed E-state index contributed by atoms with van der Waals surface area (Å²) in [5.74, 6) is 1.76. The second kappa shape index (κ2) is 8.18. The van der Waals surface area contributed by atoms with Crippen LogP contribution in [0.4, 0.5) is 0 Å². The number of hydrogen-bond acceptors (Lipinski definition) is 3. The fraction of sp³-hybridized carbons (Fsp3) is 0.625. The lowest BCUT2D eigenvalue weighted by molar-refractivity contribution is 0.0927. The van der Waals surface area contributed by atoms with Crippen molar-refractivity contribution in [1.29, 1.82) is 0 Å². The highest BCUT2D eigenvalue weighted by molar-refractivity contribution is 5.28. The molecule has 0 unspecified atom stereocenters. The molecule has 0 saturated heterocycles. The maximum Gasteiger partial charge on any atom is 0.119 e. The fourth-order valence-corrected chi connectivity index (χ4v) is 1.91. The van der Waals surface area contributed by atoms with Crippen LogP contribution in [0.2, 0.25) is 0 Å². The summed E-state index contributed by atoms with van der Waals surface area (Å²) in [5.41, 5.74) is 1.27. The highest BCUT2D eigenvalue weighted by Crippen LogP contribution is 2.28. The molecule has 1 aliphatic rings. The van der Waals surface area contributed by atoms with Gasteiger partial charge in [-0.1, -0.05) is 19.1 Å². The molecule has 3 nitrogen and oxygen atoms in total. The summed E-state index contributed by atoms with van der Waals surface area (Å²) in [4.78, 5) is 0. The van der Waals surface area contributed by atoms with Crippen LogP contribution in [0.25, 0.3) is 0 Å². The SMILES string of the molecule is CCCNCc1cccc(OCCOCC2CC2)c1. The van der Waals surface area contributed by atoms with Gasteiger partial charge in [-0.05, 0) is 49.4 Å². The number of benzene rings is 1. The van der Waals surface area contributed by atoms with Gasteiger partial charge in [0, 0.05) is 13.2 Å². The van der Waals surface area contributed by atoms with Crippen molar-refractivity contribution in [1.82, 2.24) is 5.32 Å². The smallest absolute Gasteiger partial charge is 0.119 e. The minimum atomic E-state index is 0.637. The zero-order valence-electron chi connectivity index (χ0n) is 11.9. The predicted octanol–water partition coefficient (Wildman–Crippen LogP) is 2.99. The lowest BCUT2D eigenvalue weighted by Gasteiger charge is -2.09. The van der Waals surface area contributed by atoms with Gasteiger partial charge in [0.25, 0.3) is 0 Å². The molecule has 19 heavy (non-hydrogen) atoms. The van der Waals surface area contributed by atoms with Crippen LogP contribution in [0.15, 0.2) is 24.3 Å². The average Bonchev–Trinajstić information content (AvgIpc) is 3.23. The van der Waals surface area contributed by atoms with Gasteiger partial charge >= 0.3 is 0 Å². The van der Waals surface area contributed by atoms with E-state index in [4.69, 9.17) is 9.47 Å². The molecule has 1 N–H and O–H groups in total. The molecule has 3 heteroatoms. The Hall–Kier alpha value is -1.06. The normalized spacial score (nSPS) is 14.6. The van der Waals surface area contributed by atoms with Gasteiger partial charge in [0.1, 0.15) is 12.4 Å². The van der Waals surface area contributed by atoms with Crippen LogP contribution >= 0.6 is 0 Å². The van der Waals surface area contributed by atoms with Crippen molar-refractivity contribution in [2.24, 2.45) is 5.92 Å². The Labute approximate surface area is 116 Å².